The molecule has 1 N–H and O–H groups in total. The van der Waals surface area contributed by atoms with Crippen molar-refractivity contribution in [2.24, 2.45) is 0 Å². The molecule has 0 aliphatic heterocycles. The molecule has 82 valence electrons. The lowest BCUT2D eigenvalue weighted by atomic mass is 9.91. The van der Waals surface area contributed by atoms with E-state index in [2.05, 4.69) is 4.98 Å². The van der Waals surface area contributed by atoms with Crippen LogP contribution in [0, 0.1) is 6.92 Å². The Hall–Kier alpha value is -1.67. The number of hydrogen-bond acceptors (Lipinski definition) is 2. The first kappa shape index (κ1) is 10.8. The van der Waals surface area contributed by atoms with Crippen LogP contribution in [0.15, 0.2) is 48.7 Å². The van der Waals surface area contributed by atoms with Crippen LogP contribution < -0.4 is 0 Å². The summed E-state index contributed by atoms with van der Waals surface area (Å²) in [5.74, 6) is 0. The summed E-state index contributed by atoms with van der Waals surface area (Å²) in [5.41, 5.74) is 1.63. The monoisotopic (exact) mass is 213 g/mol. The highest BCUT2D eigenvalue weighted by atomic mass is 16.3. The summed E-state index contributed by atoms with van der Waals surface area (Å²) in [6.45, 7) is 3.78. The molecule has 1 aromatic carbocycles. The normalized spacial score (nSPS) is 14.4. The van der Waals surface area contributed by atoms with Crippen LogP contribution in [0.3, 0.4) is 0 Å². The smallest absolute Gasteiger partial charge is 0.129 e. The molecule has 1 aromatic heterocycles. The zero-order valence-corrected chi connectivity index (χ0v) is 9.51. The summed E-state index contributed by atoms with van der Waals surface area (Å²) in [4.78, 5) is 4.21. The number of hydrogen-bond donors (Lipinski definition) is 1. The van der Waals surface area contributed by atoms with Crippen molar-refractivity contribution in [2.45, 2.75) is 19.4 Å². The van der Waals surface area contributed by atoms with Gasteiger partial charge in [0.15, 0.2) is 0 Å². The predicted octanol–water partition coefficient (Wildman–Crippen LogP) is 2.65. The highest BCUT2D eigenvalue weighted by Crippen LogP contribution is 2.27. The molecule has 0 amide bonds. The number of benzene rings is 1. The summed E-state index contributed by atoms with van der Waals surface area (Å²) in [7, 11) is 0. The van der Waals surface area contributed by atoms with Gasteiger partial charge in [-0.2, -0.15) is 0 Å². The van der Waals surface area contributed by atoms with Gasteiger partial charge in [-0.05, 0) is 31.5 Å². The molecular weight excluding hydrogens is 198 g/mol. The summed E-state index contributed by atoms with van der Waals surface area (Å²) >= 11 is 0. The van der Waals surface area contributed by atoms with Gasteiger partial charge in [0.2, 0.25) is 0 Å². The quantitative estimate of drug-likeness (QED) is 0.832. The van der Waals surface area contributed by atoms with Crippen molar-refractivity contribution in [1.82, 2.24) is 4.98 Å². The topological polar surface area (TPSA) is 33.1 Å². The van der Waals surface area contributed by atoms with Gasteiger partial charge in [0, 0.05) is 6.20 Å². The van der Waals surface area contributed by atoms with Crippen molar-refractivity contribution in [2.75, 3.05) is 0 Å². The SMILES string of the molecule is Cc1cccc(C(C)(O)c2ccccn2)c1. The first-order valence-corrected chi connectivity index (χ1v) is 5.32. The first-order chi connectivity index (χ1) is 7.60. The number of aliphatic hydroxyl groups is 1. The molecule has 2 aromatic rings. The number of pyridine rings is 1. The fraction of sp³-hybridized carbons (Fsp3) is 0.214. The molecule has 0 aliphatic carbocycles. The molecule has 0 radical (unpaired) electrons. The molecule has 2 heteroatoms. The van der Waals surface area contributed by atoms with E-state index in [-0.39, 0.29) is 0 Å². The van der Waals surface area contributed by atoms with Gasteiger partial charge in [-0.1, -0.05) is 35.9 Å². The Labute approximate surface area is 95.6 Å². The summed E-state index contributed by atoms with van der Waals surface area (Å²) in [6.07, 6.45) is 1.69. The van der Waals surface area contributed by atoms with E-state index < -0.39 is 5.60 Å². The third kappa shape index (κ3) is 1.97. The molecule has 0 aliphatic rings. The maximum atomic E-state index is 10.5. The molecule has 1 unspecified atom stereocenters. The Morgan fingerprint density at radius 1 is 1.12 bits per heavy atom. The van der Waals surface area contributed by atoms with E-state index in [9.17, 15) is 5.11 Å². The minimum absolute atomic E-state index is 0.667. The largest absolute Gasteiger partial charge is 0.379 e. The second-order valence-electron chi connectivity index (χ2n) is 4.16. The van der Waals surface area contributed by atoms with E-state index in [0.717, 1.165) is 11.1 Å². The lowest BCUT2D eigenvalue weighted by Crippen LogP contribution is -2.24. The van der Waals surface area contributed by atoms with Crippen LogP contribution in [0.5, 0.6) is 0 Å². The minimum atomic E-state index is -1.03. The fourth-order valence-electron chi connectivity index (χ4n) is 1.75. The van der Waals surface area contributed by atoms with Crippen LogP contribution in [0.1, 0.15) is 23.7 Å². The van der Waals surface area contributed by atoms with E-state index in [1.807, 2.05) is 49.4 Å². The Morgan fingerprint density at radius 2 is 1.94 bits per heavy atom. The van der Waals surface area contributed by atoms with Crippen LogP contribution in [-0.4, -0.2) is 10.1 Å². The van der Waals surface area contributed by atoms with Crippen LogP contribution in [0.4, 0.5) is 0 Å². The molecule has 2 rings (SSSR count). The second-order valence-corrected chi connectivity index (χ2v) is 4.16. The van der Waals surface area contributed by atoms with Crippen molar-refractivity contribution in [3.8, 4) is 0 Å². The predicted molar refractivity (Wildman–Crippen MR) is 64.1 cm³/mol. The Kier molecular flexibility index (Phi) is 2.75. The van der Waals surface area contributed by atoms with Crippen molar-refractivity contribution in [3.05, 3.63) is 65.5 Å². The Bertz CT molecular complexity index is 477. The molecule has 1 heterocycles. The lowest BCUT2D eigenvalue weighted by molar-refractivity contribution is 0.0973. The van der Waals surface area contributed by atoms with Gasteiger partial charge < -0.3 is 5.11 Å². The van der Waals surface area contributed by atoms with E-state index in [4.69, 9.17) is 0 Å². The maximum absolute atomic E-state index is 10.5. The molecule has 1 atom stereocenters. The highest BCUT2D eigenvalue weighted by molar-refractivity contribution is 5.33. The van der Waals surface area contributed by atoms with Crippen LogP contribution in [0.2, 0.25) is 0 Å². The van der Waals surface area contributed by atoms with Gasteiger partial charge in [0.25, 0.3) is 0 Å². The van der Waals surface area contributed by atoms with Crippen LogP contribution in [-0.2, 0) is 5.60 Å². The lowest BCUT2D eigenvalue weighted by Gasteiger charge is -2.23. The van der Waals surface area contributed by atoms with E-state index in [0.29, 0.717) is 5.69 Å². The van der Waals surface area contributed by atoms with Gasteiger partial charge in [-0.25, -0.2) is 0 Å². The molecule has 0 saturated heterocycles. The third-order valence-corrected chi connectivity index (χ3v) is 2.74. The Morgan fingerprint density at radius 3 is 2.56 bits per heavy atom. The first-order valence-electron chi connectivity index (χ1n) is 5.32. The average molecular weight is 213 g/mol. The number of aryl methyl sites for hydroxylation is 1. The fourth-order valence-corrected chi connectivity index (χ4v) is 1.75. The van der Waals surface area contributed by atoms with Crippen molar-refractivity contribution >= 4 is 0 Å². The second kappa shape index (κ2) is 4.06. The van der Waals surface area contributed by atoms with E-state index in [1.54, 1.807) is 13.1 Å². The molecule has 0 spiro atoms. The van der Waals surface area contributed by atoms with Gasteiger partial charge in [0.05, 0.1) is 5.69 Å². The summed E-state index contributed by atoms with van der Waals surface area (Å²) < 4.78 is 0. The number of aromatic nitrogens is 1. The molecular formula is C14H15NO. The zero-order valence-electron chi connectivity index (χ0n) is 9.51. The highest BCUT2D eigenvalue weighted by Gasteiger charge is 2.26. The minimum Gasteiger partial charge on any atom is -0.379 e. The van der Waals surface area contributed by atoms with Gasteiger partial charge in [0.1, 0.15) is 5.60 Å². The van der Waals surface area contributed by atoms with Crippen molar-refractivity contribution in [1.29, 1.82) is 0 Å². The molecule has 0 bridgehead atoms. The summed E-state index contributed by atoms with van der Waals surface area (Å²) in [5, 5.41) is 10.5. The average Bonchev–Trinajstić information content (AvgIpc) is 2.30. The van der Waals surface area contributed by atoms with Gasteiger partial charge >= 0.3 is 0 Å². The van der Waals surface area contributed by atoms with Gasteiger partial charge in [-0.15, -0.1) is 0 Å². The molecule has 0 saturated carbocycles. The van der Waals surface area contributed by atoms with Crippen molar-refractivity contribution < 1.29 is 5.11 Å². The van der Waals surface area contributed by atoms with E-state index in [1.165, 1.54) is 0 Å². The zero-order chi connectivity index (χ0) is 11.6. The van der Waals surface area contributed by atoms with Crippen LogP contribution >= 0.6 is 0 Å². The standard InChI is InChI=1S/C14H15NO/c1-11-6-5-7-12(10-11)14(2,16)13-8-3-4-9-15-13/h3-10,16H,1-2H3. The van der Waals surface area contributed by atoms with Crippen LogP contribution in [0.25, 0.3) is 0 Å². The van der Waals surface area contributed by atoms with Crippen molar-refractivity contribution in [3.63, 3.8) is 0 Å². The molecule has 16 heavy (non-hydrogen) atoms. The van der Waals surface area contributed by atoms with E-state index >= 15 is 0 Å². The number of rotatable bonds is 2. The third-order valence-electron chi connectivity index (χ3n) is 2.74. The Balaban J connectivity index is 2.47. The summed E-state index contributed by atoms with van der Waals surface area (Å²) in [6, 6.07) is 13.4. The molecule has 0 fully saturated rings. The maximum Gasteiger partial charge on any atom is 0.129 e. The molecule has 2 nitrogen and oxygen atoms in total. The van der Waals surface area contributed by atoms with Gasteiger partial charge in [-0.3, -0.25) is 4.98 Å². The number of nitrogens with zero attached hydrogens (tertiary/aromatic N) is 1.